The molecule has 4 aliphatic carbocycles. The van der Waals surface area contributed by atoms with Gasteiger partial charge in [0.1, 0.15) is 19.8 Å². The largest absolute Gasteiger partial charge is 0.465 e. The lowest BCUT2D eigenvalue weighted by molar-refractivity contribution is -0.159. The van der Waals surface area contributed by atoms with E-state index in [1.807, 2.05) is 14.0 Å². The summed E-state index contributed by atoms with van der Waals surface area (Å²) in [5.41, 5.74) is -0.0714. The number of carbonyl (C=O) groups is 3. The van der Waals surface area contributed by atoms with E-state index < -0.39 is 5.41 Å². The van der Waals surface area contributed by atoms with E-state index in [1.165, 1.54) is 83.5 Å². The van der Waals surface area contributed by atoms with Gasteiger partial charge in [-0.3, -0.25) is 14.4 Å². The van der Waals surface area contributed by atoms with Crippen LogP contribution in [0, 0.1) is 34.5 Å². The molecule has 0 radical (unpaired) electrons. The summed E-state index contributed by atoms with van der Waals surface area (Å²) in [5, 5.41) is 0. The van der Waals surface area contributed by atoms with Crippen LogP contribution < -0.4 is 0 Å². The lowest BCUT2D eigenvalue weighted by Gasteiger charge is -2.57. The van der Waals surface area contributed by atoms with Crippen LogP contribution >= 0.6 is 0 Å². The van der Waals surface area contributed by atoms with Gasteiger partial charge in [-0.15, -0.1) is 0 Å². The first-order valence-corrected chi connectivity index (χ1v) is 21.2. The predicted octanol–water partition coefficient (Wildman–Crippen LogP) is 10.2. The van der Waals surface area contributed by atoms with E-state index in [2.05, 4.69) is 36.1 Å². The first-order chi connectivity index (χ1) is 24.7. The monoisotopic (exact) mass is 712 g/mol. The first-order valence-electron chi connectivity index (χ1n) is 21.2. The molecule has 0 aromatic heterocycles. The van der Waals surface area contributed by atoms with E-state index in [1.54, 1.807) is 0 Å². The van der Waals surface area contributed by atoms with Crippen LogP contribution in [-0.4, -0.2) is 62.8 Å². The third-order valence-electron chi connectivity index (χ3n) is 12.4. The highest BCUT2D eigenvalue weighted by molar-refractivity contribution is 5.77. The fraction of sp³-hybridized carbons (Fsp3) is 0.841. The van der Waals surface area contributed by atoms with Crippen molar-refractivity contribution in [2.75, 3.05) is 40.0 Å². The van der Waals surface area contributed by atoms with Gasteiger partial charge in [0, 0.05) is 19.4 Å². The summed E-state index contributed by atoms with van der Waals surface area (Å²) in [4.78, 5) is 40.6. The number of nitrogens with zero attached hydrogens (tertiary/aromatic N) is 1. The zero-order chi connectivity index (χ0) is 36.4. The van der Waals surface area contributed by atoms with Gasteiger partial charge in [-0.25, -0.2) is 0 Å². The van der Waals surface area contributed by atoms with E-state index in [0.29, 0.717) is 24.8 Å². The molecule has 51 heavy (non-hydrogen) atoms. The second-order valence-corrected chi connectivity index (χ2v) is 17.5. The number of hydrogen-bond donors (Lipinski definition) is 0. The van der Waals surface area contributed by atoms with Gasteiger partial charge >= 0.3 is 17.9 Å². The molecule has 7 heteroatoms. The number of likely N-dealkylation sites (tertiary alicyclic amines) is 1. The van der Waals surface area contributed by atoms with Crippen LogP contribution in [0.4, 0.5) is 0 Å². The van der Waals surface area contributed by atoms with Crippen LogP contribution in [0.3, 0.4) is 0 Å². The van der Waals surface area contributed by atoms with Gasteiger partial charge in [0.15, 0.2) is 0 Å². The van der Waals surface area contributed by atoms with E-state index in [-0.39, 0.29) is 43.6 Å². The molecule has 2 unspecified atom stereocenters. The summed E-state index contributed by atoms with van der Waals surface area (Å²) in [6, 6.07) is 0. The maximum atomic E-state index is 13.0. The molecule has 5 fully saturated rings. The molecule has 4 saturated carbocycles. The van der Waals surface area contributed by atoms with Gasteiger partial charge in [0.05, 0.1) is 11.3 Å². The fourth-order valence-electron chi connectivity index (χ4n) is 9.90. The molecule has 0 amide bonds. The molecular weight excluding hydrogens is 638 g/mol. The van der Waals surface area contributed by atoms with Gasteiger partial charge in [-0.2, -0.15) is 0 Å². The standard InChI is InChI=1S/C44H73NO6/c1-4-5-6-7-8-9-10-11-12-13-14-15-16-17-18-19-21-40(46)49-32-39(34-51-42(48)43(2)24-25-45(3)35-43)33-50-41(47)22-20-23-44-29-36-26-37(30-44)28-38(27-36)31-44/h8-9,11-12,36-39H,4-7,10,13-35H2,1-3H3/b9-8-,12-11-. The second-order valence-electron chi connectivity index (χ2n) is 17.5. The van der Waals surface area contributed by atoms with Crippen molar-refractivity contribution in [3.8, 4) is 0 Å². The number of ether oxygens (including phenoxy) is 3. The molecule has 0 N–H and O–H groups in total. The van der Waals surface area contributed by atoms with Crippen LogP contribution in [0.5, 0.6) is 0 Å². The summed E-state index contributed by atoms with van der Waals surface area (Å²) in [6.07, 6.45) is 35.0. The Morgan fingerprint density at radius 1 is 0.706 bits per heavy atom. The quantitative estimate of drug-likeness (QED) is 0.0382. The summed E-state index contributed by atoms with van der Waals surface area (Å²) in [5.74, 6) is 1.72. The highest BCUT2D eigenvalue weighted by Crippen LogP contribution is 2.61. The Bertz CT molecular complexity index is 1080. The van der Waals surface area contributed by atoms with Crippen LogP contribution in [0.1, 0.15) is 162 Å². The van der Waals surface area contributed by atoms with Gasteiger partial charge in [-0.05, 0) is 140 Å². The highest BCUT2D eigenvalue weighted by atomic mass is 16.6. The Kier molecular flexibility index (Phi) is 18.1. The van der Waals surface area contributed by atoms with Crippen molar-refractivity contribution in [3.63, 3.8) is 0 Å². The van der Waals surface area contributed by atoms with Crippen LogP contribution in [0.25, 0.3) is 0 Å². The van der Waals surface area contributed by atoms with Gasteiger partial charge in [-0.1, -0.05) is 69.8 Å². The minimum Gasteiger partial charge on any atom is -0.465 e. The molecule has 290 valence electrons. The number of esters is 3. The van der Waals surface area contributed by atoms with Crippen molar-refractivity contribution in [1.29, 1.82) is 0 Å². The normalized spacial score (nSPS) is 27.8. The average molecular weight is 712 g/mol. The van der Waals surface area contributed by atoms with E-state index in [9.17, 15) is 14.4 Å². The maximum absolute atomic E-state index is 13.0. The minimum atomic E-state index is -0.536. The number of rotatable bonds is 26. The number of hydrogen-bond acceptors (Lipinski definition) is 7. The second kappa shape index (κ2) is 22.2. The van der Waals surface area contributed by atoms with Crippen molar-refractivity contribution in [2.24, 2.45) is 34.5 Å². The van der Waals surface area contributed by atoms with Crippen molar-refractivity contribution in [2.45, 2.75) is 162 Å². The Morgan fingerprint density at radius 2 is 1.24 bits per heavy atom. The predicted molar refractivity (Wildman–Crippen MR) is 205 cm³/mol. The molecule has 0 aromatic carbocycles. The molecule has 4 bridgehead atoms. The van der Waals surface area contributed by atoms with E-state index in [4.69, 9.17) is 14.2 Å². The number of allylic oxidation sites excluding steroid dienone is 4. The molecule has 0 aromatic rings. The highest BCUT2D eigenvalue weighted by Gasteiger charge is 2.50. The molecule has 7 nitrogen and oxygen atoms in total. The fourth-order valence-corrected chi connectivity index (χ4v) is 9.90. The SMILES string of the molecule is CCCCC/C=C\C/C=C\CCCCCCCCC(=O)OCC(COC(=O)CCCC12CC3CC(CC(C3)C1)C2)COC(=O)C1(C)CCN(C)C1. The molecule has 5 aliphatic rings. The van der Waals surface area contributed by atoms with E-state index in [0.717, 1.165) is 75.7 Å². The van der Waals surface area contributed by atoms with Crippen LogP contribution in [0.15, 0.2) is 24.3 Å². The molecule has 5 rings (SSSR count). The molecule has 1 aliphatic heterocycles. The molecule has 1 heterocycles. The first kappa shape index (κ1) is 41.6. The third kappa shape index (κ3) is 15.0. The van der Waals surface area contributed by atoms with Crippen molar-refractivity contribution in [3.05, 3.63) is 24.3 Å². The van der Waals surface area contributed by atoms with Crippen LogP contribution in [-0.2, 0) is 28.6 Å². The number of carbonyl (C=O) groups excluding carboxylic acids is 3. The van der Waals surface area contributed by atoms with Crippen LogP contribution in [0.2, 0.25) is 0 Å². The summed E-state index contributed by atoms with van der Waals surface area (Å²) in [6.45, 7) is 5.98. The van der Waals surface area contributed by atoms with Gasteiger partial charge in [0.2, 0.25) is 0 Å². The summed E-state index contributed by atoms with van der Waals surface area (Å²) < 4.78 is 17.1. The lowest BCUT2D eigenvalue weighted by Crippen LogP contribution is -2.45. The summed E-state index contributed by atoms with van der Waals surface area (Å²) >= 11 is 0. The van der Waals surface area contributed by atoms with Crippen molar-refractivity contribution in [1.82, 2.24) is 4.90 Å². The Hall–Kier alpha value is -2.15. The maximum Gasteiger partial charge on any atom is 0.313 e. The number of unbranched alkanes of at least 4 members (excludes halogenated alkanes) is 9. The Balaban J connectivity index is 1.08. The molecule has 0 spiro atoms. The minimum absolute atomic E-state index is 0.0803. The lowest BCUT2D eigenvalue weighted by atomic mass is 9.48. The van der Waals surface area contributed by atoms with Crippen molar-refractivity contribution >= 4 is 17.9 Å². The zero-order valence-corrected chi connectivity index (χ0v) is 32.8. The van der Waals surface area contributed by atoms with E-state index >= 15 is 0 Å². The zero-order valence-electron chi connectivity index (χ0n) is 32.8. The molecular formula is C44H73NO6. The average Bonchev–Trinajstić information content (AvgIpc) is 3.45. The third-order valence-corrected chi connectivity index (χ3v) is 12.4. The Labute approximate surface area is 311 Å². The summed E-state index contributed by atoms with van der Waals surface area (Å²) in [7, 11) is 2.01. The molecule has 1 saturated heterocycles. The smallest absolute Gasteiger partial charge is 0.313 e. The topological polar surface area (TPSA) is 82.1 Å². The molecule has 2 atom stereocenters. The van der Waals surface area contributed by atoms with Crippen molar-refractivity contribution < 1.29 is 28.6 Å². The van der Waals surface area contributed by atoms with Gasteiger partial charge < -0.3 is 19.1 Å². The van der Waals surface area contributed by atoms with Gasteiger partial charge in [0.25, 0.3) is 0 Å². The Morgan fingerprint density at radius 3 is 1.80 bits per heavy atom.